The molecule has 1 aromatic carbocycles. The van der Waals surface area contributed by atoms with Gasteiger partial charge in [-0.05, 0) is 62.4 Å². The van der Waals surface area contributed by atoms with Gasteiger partial charge < -0.3 is 15.4 Å². The lowest BCUT2D eigenvalue weighted by molar-refractivity contribution is -0.128. The zero-order valence-electron chi connectivity index (χ0n) is 16.4. The van der Waals surface area contributed by atoms with Crippen molar-refractivity contribution in [3.63, 3.8) is 0 Å². The van der Waals surface area contributed by atoms with Crippen molar-refractivity contribution < 1.29 is 14.3 Å². The monoisotopic (exact) mass is 381 g/mol. The van der Waals surface area contributed by atoms with E-state index in [0.29, 0.717) is 30.8 Å². The van der Waals surface area contributed by atoms with E-state index in [2.05, 4.69) is 15.6 Å². The Kier molecular flexibility index (Phi) is 6.63. The van der Waals surface area contributed by atoms with Crippen LogP contribution in [-0.2, 0) is 16.1 Å². The summed E-state index contributed by atoms with van der Waals surface area (Å²) >= 11 is 0. The number of ether oxygens (including phenoxy) is 1. The van der Waals surface area contributed by atoms with E-state index < -0.39 is 0 Å². The van der Waals surface area contributed by atoms with E-state index >= 15 is 0 Å². The van der Waals surface area contributed by atoms with E-state index in [-0.39, 0.29) is 23.7 Å². The number of aryl methyl sites for hydroxylation is 1. The SMILES string of the molecule is COc1ccc(C)cc1NC(=O)C1CCC(C(=O)NCc2ccccn2)CC1. The molecule has 2 N–H and O–H groups in total. The Morgan fingerprint density at radius 2 is 1.79 bits per heavy atom. The van der Waals surface area contributed by atoms with Crippen LogP contribution in [0.4, 0.5) is 5.69 Å². The highest BCUT2D eigenvalue weighted by molar-refractivity contribution is 5.94. The maximum absolute atomic E-state index is 12.7. The number of hydrogen-bond donors (Lipinski definition) is 2. The number of hydrogen-bond acceptors (Lipinski definition) is 4. The molecule has 1 aliphatic carbocycles. The van der Waals surface area contributed by atoms with E-state index in [4.69, 9.17) is 4.74 Å². The number of methoxy groups -OCH3 is 1. The summed E-state index contributed by atoms with van der Waals surface area (Å²) in [7, 11) is 1.59. The first-order valence-electron chi connectivity index (χ1n) is 9.70. The largest absolute Gasteiger partial charge is 0.495 e. The van der Waals surface area contributed by atoms with Gasteiger partial charge >= 0.3 is 0 Å². The van der Waals surface area contributed by atoms with Crippen LogP contribution in [0.2, 0.25) is 0 Å². The van der Waals surface area contributed by atoms with Gasteiger partial charge in [0.2, 0.25) is 11.8 Å². The predicted molar refractivity (Wildman–Crippen MR) is 108 cm³/mol. The highest BCUT2D eigenvalue weighted by Gasteiger charge is 2.30. The molecule has 6 heteroatoms. The van der Waals surface area contributed by atoms with Gasteiger partial charge in [0.05, 0.1) is 25.0 Å². The molecule has 6 nitrogen and oxygen atoms in total. The van der Waals surface area contributed by atoms with Gasteiger partial charge in [0.15, 0.2) is 0 Å². The Bertz CT molecular complexity index is 815. The van der Waals surface area contributed by atoms with Crippen LogP contribution in [0.15, 0.2) is 42.6 Å². The molecule has 0 radical (unpaired) electrons. The number of carbonyl (C=O) groups excluding carboxylic acids is 2. The summed E-state index contributed by atoms with van der Waals surface area (Å²) < 4.78 is 5.33. The van der Waals surface area contributed by atoms with Gasteiger partial charge in [0.25, 0.3) is 0 Å². The third kappa shape index (κ3) is 5.09. The fraction of sp³-hybridized carbons (Fsp3) is 0.409. The molecule has 0 aliphatic heterocycles. The summed E-state index contributed by atoms with van der Waals surface area (Å²) in [6.45, 7) is 2.41. The van der Waals surface area contributed by atoms with Crippen molar-refractivity contribution in [2.24, 2.45) is 11.8 Å². The molecular weight excluding hydrogens is 354 g/mol. The molecule has 2 aromatic rings. The van der Waals surface area contributed by atoms with Gasteiger partial charge in [0, 0.05) is 18.0 Å². The summed E-state index contributed by atoms with van der Waals surface area (Å²) in [5.74, 6) is 0.578. The molecule has 0 spiro atoms. The summed E-state index contributed by atoms with van der Waals surface area (Å²) in [5, 5.41) is 5.95. The highest BCUT2D eigenvalue weighted by atomic mass is 16.5. The van der Waals surface area contributed by atoms with Crippen LogP contribution in [0.5, 0.6) is 5.75 Å². The minimum atomic E-state index is -0.0786. The van der Waals surface area contributed by atoms with Crippen LogP contribution < -0.4 is 15.4 Å². The molecule has 1 heterocycles. The highest BCUT2D eigenvalue weighted by Crippen LogP contribution is 2.31. The zero-order valence-corrected chi connectivity index (χ0v) is 16.4. The molecule has 0 bridgehead atoms. The Morgan fingerprint density at radius 1 is 1.07 bits per heavy atom. The van der Waals surface area contributed by atoms with Crippen molar-refractivity contribution in [2.45, 2.75) is 39.2 Å². The fourth-order valence-electron chi connectivity index (χ4n) is 3.60. The average molecular weight is 381 g/mol. The van der Waals surface area contributed by atoms with E-state index in [1.165, 1.54) is 0 Å². The second kappa shape index (κ2) is 9.35. The van der Waals surface area contributed by atoms with E-state index in [1.807, 2.05) is 43.3 Å². The van der Waals surface area contributed by atoms with Crippen molar-refractivity contribution in [3.05, 3.63) is 53.9 Å². The second-order valence-electron chi connectivity index (χ2n) is 7.28. The number of nitrogens with zero attached hydrogens (tertiary/aromatic N) is 1. The molecule has 148 valence electrons. The van der Waals surface area contributed by atoms with Crippen molar-refractivity contribution in [1.29, 1.82) is 0 Å². The van der Waals surface area contributed by atoms with Crippen molar-refractivity contribution in [2.75, 3.05) is 12.4 Å². The summed E-state index contributed by atoms with van der Waals surface area (Å²) in [5.41, 5.74) is 2.60. The van der Waals surface area contributed by atoms with Gasteiger partial charge in [-0.2, -0.15) is 0 Å². The third-order valence-electron chi connectivity index (χ3n) is 5.25. The quantitative estimate of drug-likeness (QED) is 0.803. The normalized spacial score (nSPS) is 18.9. The number of anilines is 1. The third-order valence-corrected chi connectivity index (χ3v) is 5.25. The van der Waals surface area contributed by atoms with E-state index in [9.17, 15) is 9.59 Å². The lowest BCUT2D eigenvalue weighted by Crippen LogP contribution is -2.35. The molecule has 1 aliphatic rings. The molecule has 0 unspecified atom stereocenters. The standard InChI is InChI=1S/C22H27N3O3/c1-15-6-11-20(28-2)19(13-15)25-22(27)17-9-7-16(8-10-17)21(26)24-14-18-5-3-4-12-23-18/h3-6,11-13,16-17H,7-10,14H2,1-2H3,(H,24,26)(H,25,27). The molecular formula is C22H27N3O3. The van der Waals surface area contributed by atoms with Crippen molar-refractivity contribution >= 4 is 17.5 Å². The smallest absolute Gasteiger partial charge is 0.227 e. The van der Waals surface area contributed by atoms with E-state index in [0.717, 1.165) is 24.1 Å². The van der Waals surface area contributed by atoms with Crippen molar-refractivity contribution in [1.82, 2.24) is 10.3 Å². The summed E-state index contributed by atoms with van der Waals surface area (Å²) in [6, 6.07) is 11.4. The first kappa shape index (κ1) is 19.9. The molecule has 3 rings (SSSR count). The lowest BCUT2D eigenvalue weighted by Gasteiger charge is -2.27. The second-order valence-corrected chi connectivity index (χ2v) is 7.28. The number of carbonyl (C=O) groups is 2. The molecule has 1 aromatic heterocycles. The van der Waals surface area contributed by atoms with Crippen LogP contribution >= 0.6 is 0 Å². The van der Waals surface area contributed by atoms with Gasteiger partial charge in [-0.3, -0.25) is 14.6 Å². The summed E-state index contributed by atoms with van der Waals surface area (Å²) in [6.07, 6.45) is 4.58. The molecule has 2 amide bonds. The van der Waals surface area contributed by atoms with Crippen molar-refractivity contribution in [3.8, 4) is 5.75 Å². The number of nitrogens with one attached hydrogen (secondary N) is 2. The molecule has 0 atom stereocenters. The lowest BCUT2D eigenvalue weighted by atomic mass is 9.81. The van der Waals surface area contributed by atoms with Gasteiger partial charge in [-0.15, -0.1) is 0 Å². The Morgan fingerprint density at radius 3 is 2.43 bits per heavy atom. The maximum Gasteiger partial charge on any atom is 0.227 e. The first-order valence-corrected chi connectivity index (χ1v) is 9.70. The number of rotatable bonds is 6. The van der Waals surface area contributed by atoms with E-state index in [1.54, 1.807) is 13.3 Å². The Balaban J connectivity index is 1.48. The molecule has 1 fully saturated rings. The van der Waals surface area contributed by atoms with Crippen LogP contribution in [-0.4, -0.2) is 23.9 Å². The minimum absolute atomic E-state index is 0.00348. The number of amides is 2. The number of benzene rings is 1. The Hall–Kier alpha value is -2.89. The van der Waals surface area contributed by atoms with Gasteiger partial charge in [0.1, 0.15) is 5.75 Å². The zero-order chi connectivity index (χ0) is 19.9. The van der Waals surface area contributed by atoms with Crippen LogP contribution in [0.1, 0.15) is 36.9 Å². The molecule has 28 heavy (non-hydrogen) atoms. The number of pyridine rings is 1. The Labute approximate surface area is 165 Å². The van der Waals surface area contributed by atoms with Gasteiger partial charge in [-0.1, -0.05) is 12.1 Å². The molecule has 1 saturated carbocycles. The topological polar surface area (TPSA) is 80.3 Å². The maximum atomic E-state index is 12.7. The average Bonchev–Trinajstić information content (AvgIpc) is 2.73. The predicted octanol–water partition coefficient (Wildman–Crippen LogP) is 3.46. The first-order chi connectivity index (χ1) is 13.6. The minimum Gasteiger partial charge on any atom is -0.495 e. The summed E-state index contributed by atoms with van der Waals surface area (Å²) in [4.78, 5) is 29.3. The van der Waals surface area contributed by atoms with Crippen LogP contribution in [0.3, 0.4) is 0 Å². The number of aromatic nitrogens is 1. The van der Waals surface area contributed by atoms with Gasteiger partial charge in [-0.25, -0.2) is 0 Å². The van der Waals surface area contributed by atoms with Crippen LogP contribution in [0, 0.1) is 18.8 Å². The van der Waals surface area contributed by atoms with Crippen LogP contribution in [0.25, 0.3) is 0 Å². The fourth-order valence-corrected chi connectivity index (χ4v) is 3.60. The molecule has 0 saturated heterocycles.